The van der Waals surface area contributed by atoms with E-state index in [0.717, 1.165) is 32.4 Å². The molecule has 0 aromatic heterocycles. The van der Waals surface area contributed by atoms with Crippen LogP contribution in [0, 0.1) is 5.92 Å². The first-order valence-corrected chi connectivity index (χ1v) is 10.9. The minimum atomic E-state index is -4.25. The van der Waals surface area contributed by atoms with Gasteiger partial charge in [0, 0.05) is 26.0 Å². The van der Waals surface area contributed by atoms with Crippen LogP contribution in [0.3, 0.4) is 0 Å². The zero-order valence-electron chi connectivity index (χ0n) is 16.5. The highest BCUT2D eigenvalue weighted by Gasteiger charge is 2.11. The third-order valence-corrected chi connectivity index (χ3v) is 4.67. The first-order chi connectivity index (χ1) is 11.8. The maximum atomic E-state index is 10.3. The van der Waals surface area contributed by atoms with E-state index < -0.39 is 10.4 Å². The van der Waals surface area contributed by atoms with Crippen LogP contribution in [0.1, 0.15) is 72.1 Å². The number of nitrogens with zero attached hydrogens (tertiary/aromatic N) is 2. The third-order valence-electron chi connectivity index (χ3n) is 4.23. The van der Waals surface area contributed by atoms with Crippen molar-refractivity contribution >= 4 is 10.4 Å². The molecule has 1 heterocycles. The fourth-order valence-electron chi connectivity index (χ4n) is 2.56. The summed E-state index contributed by atoms with van der Waals surface area (Å²) in [4.78, 5) is 4.58. The molecule has 0 aliphatic carbocycles. The molecule has 0 bridgehead atoms. The van der Waals surface area contributed by atoms with Crippen LogP contribution >= 0.6 is 0 Å². The summed E-state index contributed by atoms with van der Waals surface area (Å²) in [5.41, 5.74) is 0. The van der Waals surface area contributed by atoms with E-state index in [1.165, 1.54) is 32.2 Å². The van der Waals surface area contributed by atoms with Gasteiger partial charge in [0.05, 0.1) is 13.3 Å². The van der Waals surface area contributed by atoms with Gasteiger partial charge in [0.1, 0.15) is 0 Å². The van der Waals surface area contributed by atoms with Crippen LogP contribution in [0.5, 0.6) is 0 Å². The fraction of sp³-hybridized carbons (Fsp3) is 0.889. The van der Waals surface area contributed by atoms with Gasteiger partial charge in [-0.1, -0.05) is 59.3 Å². The summed E-state index contributed by atoms with van der Waals surface area (Å²) in [6.45, 7) is 8.70. The summed E-state index contributed by atoms with van der Waals surface area (Å²) >= 11 is 0. The molecule has 7 heteroatoms. The van der Waals surface area contributed by atoms with E-state index in [1.54, 1.807) is 0 Å². The summed E-state index contributed by atoms with van der Waals surface area (Å²) in [5.74, 6) is 0.224. The van der Waals surface area contributed by atoms with Gasteiger partial charge in [0.25, 0.3) is 0 Å². The molecule has 1 aliphatic heterocycles. The highest BCUT2D eigenvalue weighted by atomic mass is 32.3. The molecule has 1 N–H and O–H groups in total. The Labute approximate surface area is 155 Å². The van der Waals surface area contributed by atoms with E-state index in [9.17, 15) is 8.42 Å². The van der Waals surface area contributed by atoms with Crippen molar-refractivity contribution in [1.29, 1.82) is 0 Å². The predicted molar refractivity (Wildman–Crippen MR) is 103 cm³/mol. The molecular weight excluding hydrogens is 340 g/mol. The van der Waals surface area contributed by atoms with Crippen LogP contribution in [0.2, 0.25) is 0 Å². The molecule has 0 saturated heterocycles. The first-order valence-electron chi connectivity index (χ1n) is 9.56. The van der Waals surface area contributed by atoms with Crippen molar-refractivity contribution in [3.05, 3.63) is 12.4 Å². The molecule has 1 unspecified atom stereocenters. The van der Waals surface area contributed by atoms with Gasteiger partial charge in [0.15, 0.2) is 0 Å². The van der Waals surface area contributed by atoms with Crippen molar-refractivity contribution in [2.75, 3.05) is 26.9 Å². The Bertz CT molecular complexity index is 440. The van der Waals surface area contributed by atoms with E-state index in [0.29, 0.717) is 0 Å². The normalized spacial score (nSPS) is 15.2. The SMILES string of the molecule is CCCCC(CC)COS(=O)(=O)O.CCCCCCN1C=CN(C)C1. The van der Waals surface area contributed by atoms with Crippen molar-refractivity contribution in [3.8, 4) is 0 Å². The zero-order valence-corrected chi connectivity index (χ0v) is 17.3. The predicted octanol–water partition coefficient (Wildman–Crippen LogP) is 4.27. The summed E-state index contributed by atoms with van der Waals surface area (Å²) in [6.07, 6.45) is 13.7. The second kappa shape index (κ2) is 14.4. The monoisotopic (exact) mass is 378 g/mol. The van der Waals surface area contributed by atoms with Crippen molar-refractivity contribution < 1.29 is 17.2 Å². The topological polar surface area (TPSA) is 70.1 Å². The maximum Gasteiger partial charge on any atom is 0.397 e. The number of hydrogen-bond acceptors (Lipinski definition) is 5. The minimum Gasteiger partial charge on any atom is -0.362 e. The first kappa shape index (κ1) is 24.2. The summed E-state index contributed by atoms with van der Waals surface area (Å²) in [7, 11) is -2.14. The van der Waals surface area contributed by atoms with Gasteiger partial charge < -0.3 is 9.80 Å². The van der Waals surface area contributed by atoms with Gasteiger partial charge >= 0.3 is 10.4 Å². The van der Waals surface area contributed by atoms with Crippen LogP contribution < -0.4 is 0 Å². The highest BCUT2D eigenvalue weighted by Crippen LogP contribution is 2.13. The third kappa shape index (κ3) is 15.2. The Hall–Kier alpha value is -0.790. The Kier molecular flexibility index (Phi) is 13.9. The van der Waals surface area contributed by atoms with Crippen LogP contribution in [0.25, 0.3) is 0 Å². The van der Waals surface area contributed by atoms with Gasteiger partial charge in [-0.05, 0) is 18.8 Å². The second-order valence-corrected chi connectivity index (χ2v) is 7.79. The molecule has 150 valence electrons. The molecule has 0 saturated carbocycles. The Morgan fingerprint density at radius 3 is 2.24 bits per heavy atom. The summed E-state index contributed by atoms with van der Waals surface area (Å²) in [6, 6.07) is 0. The standard InChI is InChI=1S/C10H20N2.C8H18O4S/c1-3-4-5-6-7-12-9-8-11(2)10-12;1-3-5-6-8(4-2)7-12-13(9,10)11/h8-9H,3-7,10H2,1-2H3;8H,3-7H2,1-2H3,(H,9,10,11). The van der Waals surface area contributed by atoms with Crippen molar-refractivity contribution in [3.63, 3.8) is 0 Å². The molecule has 0 aromatic carbocycles. The van der Waals surface area contributed by atoms with Gasteiger partial charge in [-0.2, -0.15) is 8.42 Å². The van der Waals surface area contributed by atoms with E-state index in [4.69, 9.17) is 4.55 Å². The molecule has 0 spiro atoms. The lowest BCUT2D eigenvalue weighted by atomic mass is 10.0. The molecular formula is C18H38N2O4S. The molecule has 0 amide bonds. The quantitative estimate of drug-likeness (QED) is 0.404. The molecule has 1 aliphatic rings. The maximum absolute atomic E-state index is 10.3. The fourth-order valence-corrected chi connectivity index (χ4v) is 2.92. The lowest BCUT2D eigenvalue weighted by Gasteiger charge is -2.17. The lowest BCUT2D eigenvalue weighted by Crippen LogP contribution is -2.23. The highest BCUT2D eigenvalue weighted by molar-refractivity contribution is 7.80. The molecule has 0 aromatic rings. The summed E-state index contributed by atoms with van der Waals surface area (Å²) in [5, 5.41) is 0. The average molecular weight is 379 g/mol. The van der Waals surface area contributed by atoms with Crippen molar-refractivity contribution in [2.24, 2.45) is 5.92 Å². The van der Waals surface area contributed by atoms with Gasteiger partial charge in [-0.25, -0.2) is 4.18 Å². The van der Waals surface area contributed by atoms with Crippen molar-refractivity contribution in [2.45, 2.75) is 72.1 Å². The van der Waals surface area contributed by atoms with Gasteiger partial charge in [-0.15, -0.1) is 0 Å². The van der Waals surface area contributed by atoms with E-state index in [-0.39, 0.29) is 12.5 Å². The molecule has 1 rings (SSSR count). The van der Waals surface area contributed by atoms with Gasteiger partial charge in [-0.3, -0.25) is 4.55 Å². The molecule has 6 nitrogen and oxygen atoms in total. The number of rotatable bonds is 12. The van der Waals surface area contributed by atoms with Crippen LogP contribution in [-0.2, 0) is 14.6 Å². The molecule has 1 atom stereocenters. The molecule has 0 fully saturated rings. The van der Waals surface area contributed by atoms with E-state index in [1.807, 2.05) is 6.92 Å². The van der Waals surface area contributed by atoms with Crippen molar-refractivity contribution in [1.82, 2.24) is 9.80 Å². The largest absolute Gasteiger partial charge is 0.397 e. The summed E-state index contributed by atoms with van der Waals surface area (Å²) < 4.78 is 33.2. The smallest absolute Gasteiger partial charge is 0.362 e. The molecule has 0 radical (unpaired) electrons. The van der Waals surface area contributed by atoms with Crippen LogP contribution in [0.4, 0.5) is 0 Å². The number of hydrogen-bond donors (Lipinski definition) is 1. The Morgan fingerprint density at radius 1 is 1.08 bits per heavy atom. The lowest BCUT2D eigenvalue weighted by molar-refractivity contribution is 0.211. The van der Waals surface area contributed by atoms with E-state index in [2.05, 4.69) is 47.3 Å². The van der Waals surface area contributed by atoms with E-state index >= 15 is 0 Å². The number of unbranched alkanes of at least 4 members (excludes halogenated alkanes) is 4. The average Bonchev–Trinajstić information content (AvgIpc) is 2.97. The Morgan fingerprint density at radius 2 is 1.76 bits per heavy atom. The molecule has 25 heavy (non-hydrogen) atoms. The second-order valence-electron chi connectivity index (χ2n) is 6.70. The van der Waals surface area contributed by atoms with Gasteiger partial charge in [0.2, 0.25) is 0 Å². The zero-order chi connectivity index (χ0) is 19.1. The van der Waals surface area contributed by atoms with Crippen LogP contribution in [0.15, 0.2) is 12.4 Å². The van der Waals surface area contributed by atoms with Crippen LogP contribution in [-0.4, -0.2) is 49.6 Å². The Balaban J connectivity index is 0.000000462. The minimum absolute atomic E-state index is 0.0926.